The summed E-state index contributed by atoms with van der Waals surface area (Å²) in [6.07, 6.45) is -1.49. The topological polar surface area (TPSA) is 47.9 Å². The van der Waals surface area contributed by atoms with Crippen molar-refractivity contribution in [2.24, 2.45) is 0 Å². The summed E-state index contributed by atoms with van der Waals surface area (Å²) in [5.74, 6) is -0.629. The van der Waals surface area contributed by atoms with E-state index in [-0.39, 0.29) is 12.2 Å². The Balaban J connectivity index is 2.11. The van der Waals surface area contributed by atoms with Crippen molar-refractivity contribution < 1.29 is 19.3 Å². The first-order valence-electron chi connectivity index (χ1n) is 4.19. The molecule has 2 saturated heterocycles. The van der Waals surface area contributed by atoms with Gasteiger partial charge in [0.2, 0.25) is 0 Å². The zero-order valence-corrected chi connectivity index (χ0v) is 7.48. The van der Waals surface area contributed by atoms with Crippen molar-refractivity contribution in [3.05, 3.63) is 0 Å². The Bertz CT molecular complexity index is 191. The van der Waals surface area contributed by atoms with Crippen LogP contribution in [0.25, 0.3) is 0 Å². The summed E-state index contributed by atoms with van der Waals surface area (Å²) in [6.45, 7) is 5.43. The van der Waals surface area contributed by atoms with Crippen molar-refractivity contribution in [2.45, 2.75) is 51.2 Å². The summed E-state index contributed by atoms with van der Waals surface area (Å²) in [5, 5.41) is 9.57. The van der Waals surface area contributed by atoms with Crippen molar-refractivity contribution in [1.29, 1.82) is 0 Å². The normalized spacial score (nSPS) is 51.0. The molecule has 4 nitrogen and oxygen atoms in total. The SMILES string of the molecule is CC1O[C@@H]2OC(C)(C)O[C@@H]2[C@H]1O. The second-order valence-electron chi connectivity index (χ2n) is 3.80. The highest BCUT2D eigenvalue weighted by atomic mass is 16.8. The average Bonchev–Trinajstić information content (AvgIpc) is 2.33. The Morgan fingerprint density at radius 2 is 1.92 bits per heavy atom. The fourth-order valence-electron chi connectivity index (χ4n) is 1.65. The van der Waals surface area contributed by atoms with Crippen molar-refractivity contribution >= 4 is 0 Å². The van der Waals surface area contributed by atoms with E-state index in [2.05, 4.69) is 0 Å². The van der Waals surface area contributed by atoms with E-state index in [4.69, 9.17) is 14.2 Å². The lowest BCUT2D eigenvalue weighted by Gasteiger charge is -2.20. The quantitative estimate of drug-likeness (QED) is 0.571. The second-order valence-corrected chi connectivity index (χ2v) is 3.80. The van der Waals surface area contributed by atoms with Gasteiger partial charge in [-0.25, -0.2) is 0 Å². The van der Waals surface area contributed by atoms with Crippen LogP contribution in [0.3, 0.4) is 0 Å². The van der Waals surface area contributed by atoms with E-state index < -0.39 is 18.2 Å². The molecule has 0 aliphatic carbocycles. The first-order valence-corrected chi connectivity index (χ1v) is 4.19. The van der Waals surface area contributed by atoms with Gasteiger partial charge in [-0.1, -0.05) is 0 Å². The van der Waals surface area contributed by atoms with Gasteiger partial charge in [0.15, 0.2) is 12.1 Å². The first kappa shape index (κ1) is 8.44. The summed E-state index contributed by atoms with van der Waals surface area (Å²) < 4.78 is 16.2. The monoisotopic (exact) mass is 174 g/mol. The van der Waals surface area contributed by atoms with Gasteiger partial charge < -0.3 is 19.3 Å². The smallest absolute Gasteiger partial charge is 0.190 e. The van der Waals surface area contributed by atoms with E-state index in [0.29, 0.717) is 0 Å². The van der Waals surface area contributed by atoms with Crippen molar-refractivity contribution in [3.8, 4) is 0 Å². The van der Waals surface area contributed by atoms with Crippen LogP contribution in [0.1, 0.15) is 20.8 Å². The molecule has 12 heavy (non-hydrogen) atoms. The molecule has 0 spiro atoms. The Morgan fingerprint density at radius 3 is 2.50 bits per heavy atom. The standard InChI is InChI=1S/C8H14O4/c1-4-5(9)6-7(10-4)12-8(2,3)11-6/h4-7,9H,1-3H3/t4?,5-,6+,7+/m0/s1. The molecule has 4 atom stereocenters. The van der Waals surface area contributed by atoms with Gasteiger partial charge in [-0.2, -0.15) is 0 Å². The minimum atomic E-state index is -0.629. The van der Waals surface area contributed by atoms with E-state index in [1.807, 2.05) is 20.8 Å². The predicted molar refractivity (Wildman–Crippen MR) is 40.4 cm³/mol. The van der Waals surface area contributed by atoms with Gasteiger partial charge in [-0.05, 0) is 20.8 Å². The fourth-order valence-corrected chi connectivity index (χ4v) is 1.65. The number of hydrogen-bond donors (Lipinski definition) is 1. The number of rotatable bonds is 0. The maximum atomic E-state index is 9.57. The third-order valence-electron chi connectivity index (χ3n) is 2.25. The number of ether oxygens (including phenoxy) is 3. The van der Waals surface area contributed by atoms with Gasteiger partial charge in [0.05, 0.1) is 6.10 Å². The lowest BCUT2D eigenvalue weighted by Crippen LogP contribution is -2.33. The molecule has 4 heteroatoms. The molecule has 0 aromatic carbocycles. The molecule has 70 valence electrons. The zero-order valence-electron chi connectivity index (χ0n) is 7.48. The third-order valence-corrected chi connectivity index (χ3v) is 2.25. The minimum Gasteiger partial charge on any atom is -0.387 e. The van der Waals surface area contributed by atoms with Crippen LogP contribution in [0.15, 0.2) is 0 Å². The number of aliphatic hydroxyl groups excluding tert-OH is 1. The minimum absolute atomic E-state index is 0.198. The van der Waals surface area contributed by atoms with E-state index in [1.54, 1.807) is 0 Å². The first-order chi connectivity index (χ1) is 5.49. The summed E-state index contributed by atoms with van der Waals surface area (Å²) in [7, 11) is 0. The van der Waals surface area contributed by atoms with Crippen molar-refractivity contribution in [2.75, 3.05) is 0 Å². The maximum Gasteiger partial charge on any atom is 0.190 e. The molecule has 0 saturated carbocycles. The van der Waals surface area contributed by atoms with Gasteiger partial charge in [0.25, 0.3) is 0 Å². The maximum absolute atomic E-state index is 9.57. The van der Waals surface area contributed by atoms with Crippen LogP contribution in [0.2, 0.25) is 0 Å². The average molecular weight is 174 g/mol. The molecular formula is C8H14O4. The van der Waals surface area contributed by atoms with Crippen LogP contribution in [0.5, 0.6) is 0 Å². The Morgan fingerprint density at radius 1 is 1.25 bits per heavy atom. The summed E-state index contributed by atoms with van der Waals surface area (Å²) >= 11 is 0. The van der Waals surface area contributed by atoms with Crippen LogP contribution in [0.4, 0.5) is 0 Å². The molecule has 0 bridgehead atoms. The number of hydrogen-bond acceptors (Lipinski definition) is 4. The summed E-state index contributed by atoms with van der Waals surface area (Å²) in [6, 6.07) is 0. The van der Waals surface area contributed by atoms with Gasteiger partial charge in [-0.15, -0.1) is 0 Å². The molecule has 0 aromatic heterocycles. The molecule has 0 aromatic rings. The van der Waals surface area contributed by atoms with Crippen LogP contribution in [-0.2, 0) is 14.2 Å². The van der Waals surface area contributed by atoms with Crippen LogP contribution in [0, 0.1) is 0 Å². The zero-order chi connectivity index (χ0) is 8.93. The molecule has 2 heterocycles. The van der Waals surface area contributed by atoms with E-state index in [1.165, 1.54) is 0 Å². The highest BCUT2D eigenvalue weighted by Crippen LogP contribution is 2.36. The molecule has 0 radical (unpaired) electrons. The van der Waals surface area contributed by atoms with Gasteiger partial charge in [0.1, 0.15) is 12.2 Å². The lowest BCUT2D eigenvalue weighted by molar-refractivity contribution is -0.212. The van der Waals surface area contributed by atoms with E-state index in [9.17, 15) is 5.11 Å². The third kappa shape index (κ3) is 1.15. The van der Waals surface area contributed by atoms with Gasteiger partial charge in [0, 0.05) is 0 Å². The van der Waals surface area contributed by atoms with E-state index in [0.717, 1.165) is 0 Å². The van der Waals surface area contributed by atoms with Crippen LogP contribution >= 0.6 is 0 Å². The molecule has 1 unspecified atom stereocenters. The highest BCUT2D eigenvalue weighted by molar-refractivity contribution is 4.90. The van der Waals surface area contributed by atoms with Crippen molar-refractivity contribution in [1.82, 2.24) is 0 Å². The Kier molecular flexibility index (Phi) is 1.70. The number of fused-ring (bicyclic) bond motifs is 1. The molecule has 2 aliphatic heterocycles. The predicted octanol–water partition coefficient (Wildman–Crippen LogP) is 0.244. The lowest BCUT2D eigenvalue weighted by atomic mass is 10.2. The van der Waals surface area contributed by atoms with Crippen LogP contribution < -0.4 is 0 Å². The van der Waals surface area contributed by atoms with Crippen molar-refractivity contribution in [3.63, 3.8) is 0 Å². The highest BCUT2D eigenvalue weighted by Gasteiger charge is 2.52. The molecule has 2 aliphatic rings. The Hall–Kier alpha value is -0.160. The summed E-state index contributed by atoms with van der Waals surface area (Å²) in [5.41, 5.74) is 0. The van der Waals surface area contributed by atoms with Crippen LogP contribution in [-0.4, -0.2) is 35.5 Å². The van der Waals surface area contributed by atoms with Gasteiger partial charge in [-0.3, -0.25) is 0 Å². The van der Waals surface area contributed by atoms with E-state index >= 15 is 0 Å². The largest absolute Gasteiger partial charge is 0.387 e. The number of aliphatic hydroxyl groups is 1. The second kappa shape index (κ2) is 2.42. The summed E-state index contributed by atoms with van der Waals surface area (Å²) in [4.78, 5) is 0. The molecule has 2 fully saturated rings. The molecular weight excluding hydrogens is 160 g/mol. The molecule has 1 N–H and O–H groups in total. The fraction of sp³-hybridized carbons (Fsp3) is 1.00. The molecule has 0 amide bonds. The van der Waals surface area contributed by atoms with Gasteiger partial charge >= 0.3 is 0 Å². The molecule has 2 rings (SSSR count). The Labute approximate surface area is 71.4 Å².